The zero-order chi connectivity index (χ0) is 20.8. The molecule has 1 aromatic carbocycles. The van der Waals surface area contributed by atoms with E-state index in [9.17, 15) is 4.79 Å². The van der Waals surface area contributed by atoms with E-state index in [-0.39, 0.29) is 5.91 Å². The molecule has 1 N–H and O–H groups in total. The van der Waals surface area contributed by atoms with E-state index in [4.69, 9.17) is 0 Å². The number of aryl methyl sites for hydroxylation is 1. The molecule has 6 nitrogen and oxygen atoms in total. The summed E-state index contributed by atoms with van der Waals surface area (Å²) in [7, 11) is 0. The SMILES string of the molecule is Cc1nc(-c2ncccn2)sc1C(=O)NCc1cccc(CN2CCCCCC2)c1. The molecule has 0 aliphatic carbocycles. The number of nitrogens with one attached hydrogen (secondary N) is 1. The Labute approximate surface area is 181 Å². The Morgan fingerprint density at radius 1 is 1.07 bits per heavy atom. The molecule has 1 amide bonds. The highest BCUT2D eigenvalue weighted by Crippen LogP contribution is 2.25. The van der Waals surface area contributed by atoms with Crippen LogP contribution in [0.5, 0.6) is 0 Å². The largest absolute Gasteiger partial charge is 0.347 e. The maximum absolute atomic E-state index is 12.7. The summed E-state index contributed by atoms with van der Waals surface area (Å²) in [5, 5.41) is 3.70. The Bertz CT molecular complexity index is 980. The molecule has 0 radical (unpaired) electrons. The topological polar surface area (TPSA) is 71.0 Å². The Morgan fingerprint density at radius 3 is 2.57 bits per heavy atom. The van der Waals surface area contributed by atoms with Crippen molar-refractivity contribution in [2.24, 2.45) is 0 Å². The third-order valence-electron chi connectivity index (χ3n) is 5.31. The summed E-state index contributed by atoms with van der Waals surface area (Å²) >= 11 is 1.33. The summed E-state index contributed by atoms with van der Waals surface area (Å²) in [6.07, 6.45) is 8.63. The number of hydrogen-bond donors (Lipinski definition) is 1. The van der Waals surface area contributed by atoms with E-state index in [0.29, 0.717) is 27.9 Å². The lowest BCUT2D eigenvalue weighted by molar-refractivity contribution is 0.0954. The maximum Gasteiger partial charge on any atom is 0.263 e. The fourth-order valence-electron chi connectivity index (χ4n) is 3.77. The minimum atomic E-state index is -0.106. The van der Waals surface area contributed by atoms with E-state index in [1.54, 1.807) is 18.5 Å². The van der Waals surface area contributed by atoms with Gasteiger partial charge in [-0.05, 0) is 50.0 Å². The molecule has 3 aromatic rings. The Balaban J connectivity index is 1.38. The Kier molecular flexibility index (Phi) is 6.81. The highest BCUT2D eigenvalue weighted by molar-refractivity contribution is 7.17. The minimum absolute atomic E-state index is 0.106. The molecule has 30 heavy (non-hydrogen) atoms. The number of thiazole rings is 1. The van der Waals surface area contributed by atoms with Gasteiger partial charge in [-0.2, -0.15) is 0 Å². The number of amides is 1. The van der Waals surface area contributed by atoms with Crippen LogP contribution >= 0.6 is 11.3 Å². The Hall–Kier alpha value is -2.64. The quantitative estimate of drug-likeness (QED) is 0.645. The molecule has 1 fully saturated rings. The van der Waals surface area contributed by atoms with Gasteiger partial charge in [0.1, 0.15) is 4.88 Å². The predicted octanol–water partition coefficient (Wildman–Crippen LogP) is 4.21. The van der Waals surface area contributed by atoms with Crippen molar-refractivity contribution in [3.8, 4) is 10.8 Å². The van der Waals surface area contributed by atoms with Crippen molar-refractivity contribution in [1.29, 1.82) is 0 Å². The Morgan fingerprint density at radius 2 is 1.80 bits per heavy atom. The van der Waals surface area contributed by atoms with E-state index >= 15 is 0 Å². The molecule has 4 rings (SSSR count). The van der Waals surface area contributed by atoms with Gasteiger partial charge in [0.2, 0.25) is 0 Å². The third-order valence-corrected chi connectivity index (χ3v) is 6.46. The summed E-state index contributed by atoms with van der Waals surface area (Å²) in [5.74, 6) is 0.441. The first-order valence-corrected chi connectivity index (χ1v) is 11.3. The van der Waals surface area contributed by atoms with Crippen LogP contribution in [0.2, 0.25) is 0 Å². The number of carbonyl (C=O) groups is 1. The monoisotopic (exact) mass is 421 g/mol. The molecule has 3 heterocycles. The number of hydrogen-bond acceptors (Lipinski definition) is 6. The summed E-state index contributed by atoms with van der Waals surface area (Å²) in [4.78, 5) is 28.8. The first-order valence-electron chi connectivity index (χ1n) is 10.5. The molecular weight excluding hydrogens is 394 g/mol. The molecule has 1 aliphatic rings. The molecule has 0 saturated carbocycles. The number of benzene rings is 1. The lowest BCUT2D eigenvalue weighted by Gasteiger charge is -2.20. The summed E-state index contributed by atoms with van der Waals surface area (Å²) in [6.45, 7) is 5.69. The molecule has 0 atom stereocenters. The fourth-order valence-corrected chi connectivity index (χ4v) is 4.70. The minimum Gasteiger partial charge on any atom is -0.347 e. The van der Waals surface area contributed by atoms with E-state index < -0.39 is 0 Å². The fraction of sp³-hybridized carbons (Fsp3) is 0.391. The van der Waals surface area contributed by atoms with Gasteiger partial charge >= 0.3 is 0 Å². The van der Waals surface area contributed by atoms with Crippen LogP contribution in [0, 0.1) is 6.92 Å². The van der Waals surface area contributed by atoms with Crippen molar-refractivity contribution < 1.29 is 4.79 Å². The van der Waals surface area contributed by atoms with Gasteiger partial charge in [-0.3, -0.25) is 9.69 Å². The standard InChI is InChI=1S/C23H27N5OS/c1-17-20(30-23(27-17)21-24-10-7-11-25-21)22(29)26-15-18-8-6-9-19(14-18)16-28-12-4-2-3-5-13-28/h6-11,14H,2-5,12-13,15-16H2,1H3,(H,26,29). The molecule has 1 aliphatic heterocycles. The molecule has 0 spiro atoms. The van der Waals surface area contributed by atoms with Gasteiger partial charge in [0.15, 0.2) is 10.8 Å². The number of likely N-dealkylation sites (tertiary alicyclic amines) is 1. The second kappa shape index (κ2) is 9.91. The summed E-state index contributed by atoms with van der Waals surface area (Å²) < 4.78 is 0. The van der Waals surface area contributed by atoms with Crippen LogP contribution in [0.3, 0.4) is 0 Å². The number of rotatable bonds is 6. The van der Waals surface area contributed by atoms with Crippen molar-refractivity contribution in [2.45, 2.75) is 45.7 Å². The van der Waals surface area contributed by atoms with Gasteiger partial charge in [-0.25, -0.2) is 15.0 Å². The third kappa shape index (κ3) is 5.29. The van der Waals surface area contributed by atoms with Crippen LogP contribution in [0.15, 0.2) is 42.7 Å². The second-order valence-corrected chi connectivity index (χ2v) is 8.70. The van der Waals surface area contributed by atoms with E-state index in [2.05, 4.69) is 49.4 Å². The van der Waals surface area contributed by atoms with Crippen molar-refractivity contribution in [1.82, 2.24) is 25.2 Å². The van der Waals surface area contributed by atoms with Crippen LogP contribution in [0.4, 0.5) is 0 Å². The first-order chi connectivity index (χ1) is 14.7. The highest BCUT2D eigenvalue weighted by Gasteiger charge is 2.17. The van der Waals surface area contributed by atoms with Crippen LogP contribution in [0.25, 0.3) is 10.8 Å². The molecule has 156 valence electrons. The van der Waals surface area contributed by atoms with Gasteiger partial charge in [0.05, 0.1) is 5.69 Å². The van der Waals surface area contributed by atoms with Gasteiger partial charge in [-0.1, -0.05) is 37.1 Å². The molecule has 2 aromatic heterocycles. The lowest BCUT2D eigenvalue weighted by atomic mass is 10.1. The molecule has 0 unspecified atom stereocenters. The zero-order valence-electron chi connectivity index (χ0n) is 17.3. The van der Waals surface area contributed by atoms with Gasteiger partial charge in [-0.15, -0.1) is 11.3 Å². The maximum atomic E-state index is 12.7. The molecule has 7 heteroatoms. The smallest absolute Gasteiger partial charge is 0.263 e. The average molecular weight is 422 g/mol. The second-order valence-electron chi connectivity index (χ2n) is 7.70. The van der Waals surface area contributed by atoms with Gasteiger partial charge in [0.25, 0.3) is 5.91 Å². The normalized spacial score (nSPS) is 15.0. The number of carbonyl (C=O) groups excluding carboxylic acids is 1. The van der Waals surface area contributed by atoms with E-state index in [1.807, 2.05) is 6.92 Å². The molecule has 0 bridgehead atoms. The van der Waals surface area contributed by atoms with Crippen LogP contribution in [0.1, 0.15) is 52.2 Å². The summed E-state index contributed by atoms with van der Waals surface area (Å²) in [5.41, 5.74) is 3.13. The van der Waals surface area contributed by atoms with Crippen molar-refractivity contribution >= 4 is 17.2 Å². The van der Waals surface area contributed by atoms with Crippen molar-refractivity contribution in [3.05, 3.63) is 64.4 Å². The van der Waals surface area contributed by atoms with Crippen LogP contribution < -0.4 is 5.32 Å². The van der Waals surface area contributed by atoms with E-state index in [0.717, 1.165) is 12.1 Å². The zero-order valence-corrected chi connectivity index (χ0v) is 18.1. The predicted molar refractivity (Wildman–Crippen MR) is 119 cm³/mol. The van der Waals surface area contributed by atoms with Gasteiger partial charge in [0, 0.05) is 25.5 Å². The van der Waals surface area contributed by atoms with Crippen LogP contribution in [-0.2, 0) is 13.1 Å². The number of aromatic nitrogens is 3. The van der Waals surface area contributed by atoms with Crippen molar-refractivity contribution in [3.63, 3.8) is 0 Å². The van der Waals surface area contributed by atoms with Crippen LogP contribution in [-0.4, -0.2) is 38.8 Å². The number of nitrogens with zero attached hydrogens (tertiary/aromatic N) is 4. The molecule has 1 saturated heterocycles. The average Bonchev–Trinajstić information content (AvgIpc) is 2.98. The van der Waals surface area contributed by atoms with E-state index in [1.165, 1.54) is 55.7 Å². The first kappa shape index (κ1) is 20.6. The summed E-state index contributed by atoms with van der Waals surface area (Å²) in [6, 6.07) is 10.3. The van der Waals surface area contributed by atoms with Gasteiger partial charge < -0.3 is 5.32 Å². The van der Waals surface area contributed by atoms with Crippen molar-refractivity contribution in [2.75, 3.05) is 13.1 Å². The lowest BCUT2D eigenvalue weighted by Crippen LogP contribution is -2.24. The molecular formula is C23H27N5OS. The highest BCUT2D eigenvalue weighted by atomic mass is 32.1.